The molecule has 0 saturated heterocycles. The summed E-state index contributed by atoms with van der Waals surface area (Å²) in [5.41, 5.74) is 5.67. The van der Waals surface area contributed by atoms with Gasteiger partial charge in [0.1, 0.15) is 5.69 Å². The van der Waals surface area contributed by atoms with Crippen molar-refractivity contribution in [2.45, 2.75) is 13.0 Å². The SMILES string of the molecule is COc1cnn(C)c1C(NN)c1ccc(Cl)c(C)c1. The first-order chi connectivity index (χ1) is 9.08. The molecule has 2 aromatic rings. The largest absolute Gasteiger partial charge is 0.493 e. The number of rotatable bonds is 4. The van der Waals surface area contributed by atoms with Gasteiger partial charge in [-0.1, -0.05) is 23.7 Å². The molecule has 5 nitrogen and oxygen atoms in total. The van der Waals surface area contributed by atoms with E-state index >= 15 is 0 Å². The summed E-state index contributed by atoms with van der Waals surface area (Å²) in [5, 5.41) is 4.92. The molecule has 1 atom stereocenters. The molecule has 1 aromatic heterocycles. The fourth-order valence-electron chi connectivity index (χ4n) is 2.09. The van der Waals surface area contributed by atoms with Gasteiger partial charge in [-0.15, -0.1) is 0 Å². The molecule has 0 radical (unpaired) electrons. The van der Waals surface area contributed by atoms with Crippen LogP contribution in [0.2, 0.25) is 5.02 Å². The second-order valence-electron chi connectivity index (χ2n) is 4.33. The van der Waals surface area contributed by atoms with Gasteiger partial charge in [0.25, 0.3) is 0 Å². The number of hydrogen-bond donors (Lipinski definition) is 2. The summed E-state index contributed by atoms with van der Waals surface area (Å²) in [5.74, 6) is 6.39. The molecule has 1 unspecified atom stereocenters. The van der Waals surface area contributed by atoms with Crippen LogP contribution in [-0.4, -0.2) is 16.9 Å². The summed E-state index contributed by atoms with van der Waals surface area (Å²) in [6.45, 7) is 1.96. The topological polar surface area (TPSA) is 65.1 Å². The number of nitrogens with zero attached hydrogens (tertiary/aromatic N) is 2. The minimum atomic E-state index is -0.210. The first-order valence-electron chi connectivity index (χ1n) is 5.86. The average molecular weight is 281 g/mol. The Hall–Kier alpha value is -1.56. The molecular weight excluding hydrogens is 264 g/mol. The van der Waals surface area contributed by atoms with Crippen LogP contribution in [0.4, 0.5) is 0 Å². The maximum atomic E-state index is 6.05. The molecule has 0 bridgehead atoms. The average Bonchev–Trinajstić information content (AvgIpc) is 2.76. The van der Waals surface area contributed by atoms with Crippen LogP contribution in [0.5, 0.6) is 5.75 Å². The van der Waals surface area contributed by atoms with Crippen LogP contribution in [0.1, 0.15) is 22.9 Å². The summed E-state index contributed by atoms with van der Waals surface area (Å²) in [6, 6.07) is 5.59. The van der Waals surface area contributed by atoms with Crippen molar-refractivity contribution < 1.29 is 4.74 Å². The van der Waals surface area contributed by atoms with Crippen molar-refractivity contribution >= 4 is 11.6 Å². The van der Waals surface area contributed by atoms with Gasteiger partial charge < -0.3 is 4.74 Å². The van der Waals surface area contributed by atoms with E-state index in [1.165, 1.54) is 0 Å². The zero-order valence-corrected chi connectivity index (χ0v) is 11.9. The highest BCUT2D eigenvalue weighted by atomic mass is 35.5. The molecule has 0 fully saturated rings. The molecule has 3 N–H and O–H groups in total. The van der Waals surface area contributed by atoms with E-state index in [9.17, 15) is 0 Å². The van der Waals surface area contributed by atoms with Gasteiger partial charge in [-0.05, 0) is 24.1 Å². The zero-order valence-electron chi connectivity index (χ0n) is 11.1. The maximum absolute atomic E-state index is 6.05. The Balaban J connectivity index is 2.49. The third-order valence-electron chi connectivity index (χ3n) is 3.12. The lowest BCUT2D eigenvalue weighted by molar-refractivity contribution is 0.401. The number of aromatic nitrogens is 2. The van der Waals surface area contributed by atoms with Crippen LogP contribution < -0.4 is 16.0 Å². The fourth-order valence-corrected chi connectivity index (χ4v) is 2.21. The summed E-state index contributed by atoms with van der Waals surface area (Å²) in [7, 11) is 3.46. The number of nitrogens with two attached hydrogens (primary N) is 1. The molecule has 6 heteroatoms. The quantitative estimate of drug-likeness (QED) is 0.664. The third kappa shape index (κ3) is 2.58. The third-order valence-corrected chi connectivity index (χ3v) is 3.55. The van der Waals surface area contributed by atoms with E-state index < -0.39 is 0 Å². The summed E-state index contributed by atoms with van der Waals surface area (Å²) in [4.78, 5) is 0. The molecule has 19 heavy (non-hydrogen) atoms. The van der Waals surface area contributed by atoms with E-state index in [2.05, 4.69) is 10.5 Å². The number of hydrazine groups is 1. The van der Waals surface area contributed by atoms with E-state index in [0.717, 1.165) is 21.8 Å². The second-order valence-corrected chi connectivity index (χ2v) is 4.74. The summed E-state index contributed by atoms with van der Waals surface area (Å²) < 4.78 is 7.06. The standard InChI is InChI=1S/C13H17ClN4O/c1-8-6-9(4-5-10(8)14)12(17-15)13-11(19-3)7-16-18(13)2/h4-7,12,17H,15H2,1-3H3. The van der Waals surface area contributed by atoms with Crippen molar-refractivity contribution in [2.24, 2.45) is 12.9 Å². The van der Waals surface area contributed by atoms with Gasteiger partial charge in [0.2, 0.25) is 0 Å². The number of methoxy groups -OCH3 is 1. The van der Waals surface area contributed by atoms with E-state index in [4.69, 9.17) is 22.2 Å². The van der Waals surface area contributed by atoms with Crippen LogP contribution in [0.3, 0.4) is 0 Å². The van der Waals surface area contributed by atoms with Gasteiger partial charge in [0.15, 0.2) is 5.75 Å². The first-order valence-corrected chi connectivity index (χ1v) is 6.24. The van der Waals surface area contributed by atoms with Gasteiger partial charge in [0.05, 0.1) is 19.3 Å². The second kappa shape index (κ2) is 5.61. The highest BCUT2D eigenvalue weighted by Gasteiger charge is 2.21. The molecule has 0 spiro atoms. The predicted octanol–water partition coefficient (Wildman–Crippen LogP) is 1.94. The van der Waals surface area contributed by atoms with Crippen molar-refractivity contribution in [3.8, 4) is 5.75 Å². The lowest BCUT2D eigenvalue weighted by Crippen LogP contribution is -2.30. The number of ether oxygens (including phenoxy) is 1. The normalized spacial score (nSPS) is 12.5. The highest BCUT2D eigenvalue weighted by Crippen LogP contribution is 2.30. The molecule has 0 saturated carbocycles. The van der Waals surface area contributed by atoms with E-state index in [1.54, 1.807) is 18.0 Å². The Labute approximate surface area is 117 Å². The Morgan fingerprint density at radius 2 is 2.21 bits per heavy atom. The number of benzene rings is 1. The number of aryl methyl sites for hydroxylation is 2. The number of halogens is 1. The maximum Gasteiger partial charge on any atom is 0.161 e. The van der Waals surface area contributed by atoms with Crippen molar-refractivity contribution in [3.05, 3.63) is 46.2 Å². The Bertz CT molecular complexity index is 582. The zero-order chi connectivity index (χ0) is 14.0. The van der Waals surface area contributed by atoms with E-state index in [-0.39, 0.29) is 6.04 Å². The van der Waals surface area contributed by atoms with Crippen LogP contribution in [0.25, 0.3) is 0 Å². The lowest BCUT2D eigenvalue weighted by atomic mass is 10.0. The molecular formula is C13H17ClN4O. The molecule has 1 heterocycles. The highest BCUT2D eigenvalue weighted by molar-refractivity contribution is 6.31. The monoisotopic (exact) mass is 280 g/mol. The van der Waals surface area contributed by atoms with Crippen molar-refractivity contribution in [2.75, 3.05) is 7.11 Å². The molecule has 0 aliphatic rings. The molecule has 0 aliphatic heterocycles. The lowest BCUT2D eigenvalue weighted by Gasteiger charge is -2.19. The fraction of sp³-hybridized carbons (Fsp3) is 0.308. The Kier molecular flexibility index (Phi) is 4.09. The van der Waals surface area contributed by atoms with E-state index in [1.807, 2.05) is 32.2 Å². The molecule has 2 rings (SSSR count). The van der Waals surface area contributed by atoms with Crippen molar-refractivity contribution in [1.29, 1.82) is 0 Å². The van der Waals surface area contributed by atoms with Gasteiger partial charge in [-0.2, -0.15) is 5.10 Å². The predicted molar refractivity (Wildman–Crippen MR) is 75.1 cm³/mol. The van der Waals surface area contributed by atoms with Crippen LogP contribution in [0, 0.1) is 6.92 Å². The first kappa shape index (κ1) is 13.9. The van der Waals surface area contributed by atoms with Gasteiger partial charge in [-0.25, -0.2) is 5.43 Å². The summed E-state index contributed by atoms with van der Waals surface area (Å²) >= 11 is 6.05. The van der Waals surface area contributed by atoms with Crippen LogP contribution in [-0.2, 0) is 7.05 Å². The molecule has 0 amide bonds. The van der Waals surface area contributed by atoms with Crippen molar-refractivity contribution in [1.82, 2.24) is 15.2 Å². The van der Waals surface area contributed by atoms with Gasteiger partial charge in [-0.3, -0.25) is 10.5 Å². The minimum Gasteiger partial charge on any atom is -0.493 e. The summed E-state index contributed by atoms with van der Waals surface area (Å²) in [6.07, 6.45) is 1.67. The molecule has 1 aromatic carbocycles. The Morgan fingerprint density at radius 3 is 2.79 bits per heavy atom. The smallest absolute Gasteiger partial charge is 0.161 e. The molecule has 102 valence electrons. The minimum absolute atomic E-state index is 0.210. The van der Waals surface area contributed by atoms with Crippen molar-refractivity contribution in [3.63, 3.8) is 0 Å². The number of hydrogen-bond acceptors (Lipinski definition) is 4. The van der Waals surface area contributed by atoms with E-state index in [0.29, 0.717) is 5.75 Å². The van der Waals surface area contributed by atoms with Crippen LogP contribution >= 0.6 is 11.6 Å². The van der Waals surface area contributed by atoms with Crippen LogP contribution in [0.15, 0.2) is 24.4 Å². The van der Waals surface area contributed by atoms with Gasteiger partial charge >= 0.3 is 0 Å². The van der Waals surface area contributed by atoms with Gasteiger partial charge in [0, 0.05) is 12.1 Å². The number of nitrogens with one attached hydrogen (secondary N) is 1. The Morgan fingerprint density at radius 1 is 1.47 bits per heavy atom. The molecule has 0 aliphatic carbocycles.